The average Bonchev–Trinajstić information content (AvgIpc) is 2.46. The quantitative estimate of drug-likeness (QED) is 0.708. The third-order valence-corrected chi connectivity index (χ3v) is 2.56. The molecule has 0 atom stereocenters. The Labute approximate surface area is 111 Å². The Morgan fingerprint density at radius 1 is 1.11 bits per heavy atom. The number of anilines is 2. The molecule has 4 N–H and O–H groups in total. The minimum atomic E-state index is -0.0715. The fourth-order valence-corrected chi connectivity index (χ4v) is 1.58. The van der Waals surface area contributed by atoms with Crippen molar-refractivity contribution in [3.63, 3.8) is 0 Å². The Kier molecular flexibility index (Phi) is 4.34. The topological polar surface area (TPSA) is 80.0 Å². The summed E-state index contributed by atoms with van der Waals surface area (Å²) in [7, 11) is 0. The van der Waals surface area contributed by atoms with Crippen LogP contribution in [-0.4, -0.2) is 24.0 Å². The summed E-state index contributed by atoms with van der Waals surface area (Å²) < 4.78 is 0. The van der Waals surface area contributed by atoms with E-state index in [2.05, 4.69) is 15.6 Å². The fourth-order valence-electron chi connectivity index (χ4n) is 1.58. The van der Waals surface area contributed by atoms with Gasteiger partial charge < -0.3 is 16.4 Å². The molecule has 0 aliphatic heterocycles. The molecule has 5 heteroatoms. The number of nitrogen functional groups attached to an aromatic ring is 1. The summed E-state index contributed by atoms with van der Waals surface area (Å²) in [5.74, 6) is 0.417. The van der Waals surface area contributed by atoms with Gasteiger partial charge in [-0.05, 0) is 24.3 Å². The van der Waals surface area contributed by atoms with Crippen molar-refractivity contribution in [2.24, 2.45) is 0 Å². The van der Waals surface area contributed by atoms with Crippen molar-refractivity contribution >= 4 is 17.4 Å². The van der Waals surface area contributed by atoms with Gasteiger partial charge in [-0.25, -0.2) is 4.98 Å². The van der Waals surface area contributed by atoms with E-state index in [9.17, 15) is 4.79 Å². The highest BCUT2D eigenvalue weighted by molar-refractivity contribution is 5.94. The molecule has 0 aliphatic carbocycles. The third kappa shape index (κ3) is 3.99. The number of carbonyl (C=O) groups excluding carboxylic acids is 1. The highest BCUT2D eigenvalue weighted by Gasteiger charge is 2.02. The van der Waals surface area contributed by atoms with Crippen LogP contribution in [0, 0.1) is 0 Å². The predicted octanol–water partition coefficient (Wildman–Crippen LogP) is 1.51. The van der Waals surface area contributed by atoms with Crippen LogP contribution in [0.1, 0.15) is 10.4 Å². The first-order chi connectivity index (χ1) is 9.25. The van der Waals surface area contributed by atoms with Crippen molar-refractivity contribution in [2.45, 2.75) is 0 Å². The second-order valence-corrected chi connectivity index (χ2v) is 4.02. The first-order valence-electron chi connectivity index (χ1n) is 6.04. The molecule has 1 heterocycles. The summed E-state index contributed by atoms with van der Waals surface area (Å²) in [5.41, 5.74) is 7.03. The molecule has 0 radical (unpaired) electrons. The molecule has 0 saturated carbocycles. The molecule has 2 rings (SSSR count). The summed E-state index contributed by atoms with van der Waals surface area (Å²) in [4.78, 5) is 15.7. The van der Waals surface area contributed by atoms with E-state index in [4.69, 9.17) is 5.73 Å². The summed E-state index contributed by atoms with van der Waals surface area (Å²) in [6, 6.07) is 12.7. The van der Waals surface area contributed by atoms with Crippen molar-refractivity contribution in [3.8, 4) is 0 Å². The second-order valence-electron chi connectivity index (χ2n) is 4.02. The van der Waals surface area contributed by atoms with Gasteiger partial charge in [0.25, 0.3) is 5.91 Å². The van der Waals surface area contributed by atoms with Crippen LogP contribution in [0.4, 0.5) is 11.5 Å². The van der Waals surface area contributed by atoms with Crippen LogP contribution in [0.5, 0.6) is 0 Å². The van der Waals surface area contributed by atoms with Crippen LogP contribution >= 0.6 is 0 Å². The van der Waals surface area contributed by atoms with Crippen LogP contribution in [0.25, 0.3) is 0 Å². The highest BCUT2D eigenvalue weighted by Crippen LogP contribution is 2.05. The van der Waals surface area contributed by atoms with Gasteiger partial charge in [0.15, 0.2) is 0 Å². The Balaban J connectivity index is 1.72. The largest absolute Gasteiger partial charge is 0.384 e. The number of nitrogens with one attached hydrogen (secondary N) is 2. The minimum Gasteiger partial charge on any atom is -0.384 e. The molecule has 2 aromatic rings. The number of rotatable bonds is 5. The molecule has 1 aromatic heterocycles. The lowest BCUT2D eigenvalue weighted by Crippen LogP contribution is -2.28. The normalized spacial score (nSPS) is 9.89. The molecular weight excluding hydrogens is 240 g/mol. The second kappa shape index (κ2) is 6.39. The molecule has 0 saturated heterocycles. The molecule has 5 nitrogen and oxygen atoms in total. The number of benzene rings is 1. The molecule has 1 amide bonds. The molecule has 0 unspecified atom stereocenters. The van der Waals surface area contributed by atoms with E-state index < -0.39 is 0 Å². The van der Waals surface area contributed by atoms with Gasteiger partial charge in [0.1, 0.15) is 5.82 Å². The van der Waals surface area contributed by atoms with Crippen LogP contribution in [0.3, 0.4) is 0 Å². The van der Waals surface area contributed by atoms with Gasteiger partial charge in [0, 0.05) is 18.7 Å². The number of aromatic nitrogens is 1. The van der Waals surface area contributed by atoms with Crippen molar-refractivity contribution in [1.82, 2.24) is 10.3 Å². The number of pyridine rings is 1. The predicted molar refractivity (Wildman–Crippen MR) is 75.9 cm³/mol. The molecule has 98 valence electrons. The first-order valence-corrected chi connectivity index (χ1v) is 6.04. The lowest BCUT2D eigenvalue weighted by atomic mass is 10.2. The first kappa shape index (κ1) is 12.9. The molecule has 0 aliphatic rings. The van der Waals surface area contributed by atoms with Crippen molar-refractivity contribution in [3.05, 3.63) is 54.2 Å². The van der Waals surface area contributed by atoms with E-state index in [0.29, 0.717) is 24.5 Å². The molecule has 1 aromatic carbocycles. The average molecular weight is 256 g/mol. The monoisotopic (exact) mass is 256 g/mol. The van der Waals surface area contributed by atoms with E-state index in [-0.39, 0.29) is 5.91 Å². The number of amides is 1. The standard InChI is InChI=1S/C14H16N4O/c15-13-7-6-12(10-18-13)16-8-9-17-14(19)11-4-2-1-3-5-11/h1-7,10,16H,8-9H2,(H2,15,18)(H,17,19). The molecule has 0 bridgehead atoms. The van der Waals surface area contributed by atoms with Crippen LogP contribution in [-0.2, 0) is 0 Å². The lowest BCUT2D eigenvalue weighted by molar-refractivity contribution is 0.0955. The zero-order valence-corrected chi connectivity index (χ0v) is 10.5. The molecule has 0 fully saturated rings. The van der Waals surface area contributed by atoms with Gasteiger partial charge in [0.05, 0.1) is 11.9 Å². The highest BCUT2D eigenvalue weighted by atomic mass is 16.1. The number of carbonyl (C=O) groups is 1. The number of hydrogen-bond donors (Lipinski definition) is 3. The zero-order valence-electron chi connectivity index (χ0n) is 10.5. The van der Waals surface area contributed by atoms with Gasteiger partial charge in [-0.2, -0.15) is 0 Å². The summed E-state index contributed by atoms with van der Waals surface area (Å²) >= 11 is 0. The molecular formula is C14H16N4O. The fraction of sp³-hybridized carbons (Fsp3) is 0.143. The number of nitrogens with zero attached hydrogens (tertiary/aromatic N) is 1. The number of hydrogen-bond acceptors (Lipinski definition) is 4. The molecule has 0 spiro atoms. The van der Waals surface area contributed by atoms with Crippen molar-refractivity contribution in [2.75, 3.05) is 24.1 Å². The Morgan fingerprint density at radius 2 is 1.89 bits per heavy atom. The Hall–Kier alpha value is -2.56. The van der Waals surface area contributed by atoms with Gasteiger partial charge >= 0.3 is 0 Å². The van der Waals surface area contributed by atoms with Crippen molar-refractivity contribution in [1.29, 1.82) is 0 Å². The van der Waals surface area contributed by atoms with E-state index in [1.807, 2.05) is 24.3 Å². The van der Waals surface area contributed by atoms with Crippen LogP contribution in [0.15, 0.2) is 48.7 Å². The summed E-state index contributed by atoms with van der Waals surface area (Å²) in [5, 5.41) is 5.98. The third-order valence-electron chi connectivity index (χ3n) is 2.56. The summed E-state index contributed by atoms with van der Waals surface area (Å²) in [6.45, 7) is 1.17. The van der Waals surface area contributed by atoms with Crippen LogP contribution in [0.2, 0.25) is 0 Å². The van der Waals surface area contributed by atoms with Gasteiger partial charge in [-0.15, -0.1) is 0 Å². The maximum atomic E-state index is 11.7. The Morgan fingerprint density at radius 3 is 2.58 bits per heavy atom. The van der Waals surface area contributed by atoms with E-state index in [1.165, 1.54) is 0 Å². The minimum absolute atomic E-state index is 0.0715. The maximum absolute atomic E-state index is 11.7. The van der Waals surface area contributed by atoms with E-state index in [0.717, 1.165) is 5.69 Å². The molecule has 19 heavy (non-hydrogen) atoms. The van der Waals surface area contributed by atoms with E-state index in [1.54, 1.807) is 24.4 Å². The zero-order chi connectivity index (χ0) is 13.5. The van der Waals surface area contributed by atoms with Gasteiger partial charge in [-0.1, -0.05) is 18.2 Å². The van der Waals surface area contributed by atoms with Gasteiger partial charge in [-0.3, -0.25) is 4.79 Å². The smallest absolute Gasteiger partial charge is 0.251 e. The van der Waals surface area contributed by atoms with Crippen molar-refractivity contribution < 1.29 is 4.79 Å². The maximum Gasteiger partial charge on any atom is 0.251 e. The number of nitrogens with two attached hydrogens (primary N) is 1. The van der Waals surface area contributed by atoms with Crippen LogP contribution < -0.4 is 16.4 Å². The Bertz CT molecular complexity index is 525. The van der Waals surface area contributed by atoms with Gasteiger partial charge in [0.2, 0.25) is 0 Å². The summed E-state index contributed by atoms with van der Waals surface area (Å²) in [6.07, 6.45) is 1.66. The lowest BCUT2D eigenvalue weighted by Gasteiger charge is -2.07. The van der Waals surface area contributed by atoms with E-state index >= 15 is 0 Å². The SMILES string of the molecule is Nc1ccc(NCCNC(=O)c2ccccc2)cn1.